The van der Waals surface area contributed by atoms with Gasteiger partial charge in [-0.05, 0) is 30.1 Å². The summed E-state index contributed by atoms with van der Waals surface area (Å²) in [4.78, 5) is 0. The van der Waals surface area contributed by atoms with Crippen molar-refractivity contribution in [3.8, 4) is 0 Å². The molecule has 0 aromatic heterocycles. The lowest BCUT2D eigenvalue weighted by molar-refractivity contribution is 0.0137. The van der Waals surface area contributed by atoms with Crippen LogP contribution in [0.1, 0.15) is 40.5 Å². The molecule has 0 bridgehead atoms. The summed E-state index contributed by atoms with van der Waals surface area (Å²) in [6, 6.07) is 0. The summed E-state index contributed by atoms with van der Waals surface area (Å²) >= 11 is 0. The van der Waals surface area contributed by atoms with Gasteiger partial charge >= 0.3 is 0 Å². The Morgan fingerprint density at radius 3 is 2.00 bits per heavy atom. The van der Waals surface area contributed by atoms with E-state index in [1.54, 1.807) is 0 Å². The molecule has 1 aliphatic rings. The maximum Gasteiger partial charge on any atom is -0.0277 e. The Morgan fingerprint density at radius 1 is 1.44 bits per heavy atom. The van der Waals surface area contributed by atoms with Crippen molar-refractivity contribution >= 4 is 0 Å². The summed E-state index contributed by atoms with van der Waals surface area (Å²) in [6.07, 6.45) is 2.90. The van der Waals surface area contributed by atoms with Gasteiger partial charge in [-0.15, -0.1) is 0 Å². The largest absolute Gasteiger partial charge is 0.0622 e. The molecule has 0 saturated heterocycles. The number of hydrogen-bond donors (Lipinski definition) is 0. The SMILES string of the molecule is CC(C)[C@]1(C)CC[C@@H]1C. The highest BCUT2D eigenvalue weighted by molar-refractivity contribution is 4.91. The minimum atomic E-state index is 0.681. The normalized spacial score (nSPS) is 43.0. The van der Waals surface area contributed by atoms with Gasteiger partial charge < -0.3 is 0 Å². The topological polar surface area (TPSA) is 0 Å². The van der Waals surface area contributed by atoms with Crippen molar-refractivity contribution in [1.82, 2.24) is 0 Å². The van der Waals surface area contributed by atoms with E-state index in [0.717, 1.165) is 11.8 Å². The molecule has 0 aromatic rings. The molecule has 0 radical (unpaired) electrons. The van der Waals surface area contributed by atoms with E-state index in [0.29, 0.717) is 5.41 Å². The van der Waals surface area contributed by atoms with Crippen LogP contribution in [-0.4, -0.2) is 0 Å². The first kappa shape index (κ1) is 7.11. The zero-order chi connectivity index (χ0) is 7.07. The fourth-order valence-electron chi connectivity index (χ4n) is 1.75. The fourth-order valence-corrected chi connectivity index (χ4v) is 1.75. The van der Waals surface area contributed by atoms with Gasteiger partial charge in [-0.1, -0.05) is 27.7 Å². The molecular formula is C9H18. The van der Waals surface area contributed by atoms with Crippen LogP contribution in [0, 0.1) is 17.3 Å². The zero-order valence-electron chi connectivity index (χ0n) is 7.07. The van der Waals surface area contributed by atoms with Gasteiger partial charge in [0.05, 0.1) is 0 Å². The lowest BCUT2D eigenvalue weighted by Gasteiger charge is -2.49. The Morgan fingerprint density at radius 2 is 2.00 bits per heavy atom. The highest BCUT2D eigenvalue weighted by Crippen LogP contribution is 2.51. The van der Waals surface area contributed by atoms with Gasteiger partial charge in [0.15, 0.2) is 0 Å². The molecule has 1 fully saturated rings. The van der Waals surface area contributed by atoms with Gasteiger partial charge in [-0.25, -0.2) is 0 Å². The Hall–Kier alpha value is 0. The van der Waals surface area contributed by atoms with Crippen LogP contribution in [0.15, 0.2) is 0 Å². The fraction of sp³-hybridized carbons (Fsp3) is 1.00. The Balaban J connectivity index is 2.53. The van der Waals surface area contributed by atoms with Crippen molar-refractivity contribution in [2.24, 2.45) is 17.3 Å². The van der Waals surface area contributed by atoms with E-state index in [-0.39, 0.29) is 0 Å². The van der Waals surface area contributed by atoms with E-state index < -0.39 is 0 Å². The second kappa shape index (κ2) is 2.00. The van der Waals surface area contributed by atoms with Gasteiger partial charge in [0.1, 0.15) is 0 Å². The van der Waals surface area contributed by atoms with E-state index >= 15 is 0 Å². The zero-order valence-corrected chi connectivity index (χ0v) is 7.07. The highest BCUT2D eigenvalue weighted by atomic mass is 14.5. The second-order valence-corrected chi connectivity index (χ2v) is 4.10. The predicted octanol–water partition coefficient (Wildman–Crippen LogP) is 3.08. The van der Waals surface area contributed by atoms with Crippen molar-refractivity contribution in [3.63, 3.8) is 0 Å². The van der Waals surface area contributed by atoms with Gasteiger partial charge in [0, 0.05) is 0 Å². The molecule has 1 rings (SSSR count). The molecule has 0 spiro atoms. The summed E-state index contributed by atoms with van der Waals surface area (Å²) in [5.41, 5.74) is 0.681. The van der Waals surface area contributed by atoms with Crippen LogP contribution in [0.3, 0.4) is 0 Å². The molecule has 9 heavy (non-hydrogen) atoms. The molecule has 2 atom stereocenters. The molecule has 54 valence electrons. The quantitative estimate of drug-likeness (QED) is 0.506. The first-order valence-electron chi connectivity index (χ1n) is 4.07. The van der Waals surface area contributed by atoms with Gasteiger partial charge in [-0.3, -0.25) is 0 Å². The van der Waals surface area contributed by atoms with Crippen molar-refractivity contribution in [2.75, 3.05) is 0 Å². The van der Waals surface area contributed by atoms with Crippen molar-refractivity contribution in [1.29, 1.82) is 0 Å². The number of hydrogen-bond acceptors (Lipinski definition) is 0. The highest BCUT2D eigenvalue weighted by Gasteiger charge is 2.41. The maximum atomic E-state index is 2.42. The third kappa shape index (κ3) is 0.889. The summed E-state index contributed by atoms with van der Waals surface area (Å²) in [5, 5.41) is 0. The summed E-state index contributed by atoms with van der Waals surface area (Å²) < 4.78 is 0. The Kier molecular flexibility index (Phi) is 1.58. The van der Waals surface area contributed by atoms with E-state index in [9.17, 15) is 0 Å². The summed E-state index contributed by atoms with van der Waals surface area (Å²) in [7, 11) is 0. The number of rotatable bonds is 1. The molecule has 0 nitrogen and oxygen atoms in total. The van der Waals surface area contributed by atoms with E-state index in [1.807, 2.05) is 0 Å². The molecule has 0 heterocycles. The molecule has 1 aliphatic carbocycles. The van der Waals surface area contributed by atoms with Crippen LogP contribution < -0.4 is 0 Å². The van der Waals surface area contributed by atoms with E-state index in [2.05, 4.69) is 27.7 Å². The van der Waals surface area contributed by atoms with Crippen LogP contribution in [0.4, 0.5) is 0 Å². The van der Waals surface area contributed by atoms with Crippen LogP contribution in [0.5, 0.6) is 0 Å². The van der Waals surface area contributed by atoms with Gasteiger partial charge in [0.2, 0.25) is 0 Å². The van der Waals surface area contributed by atoms with Crippen LogP contribution in [0.25, 0.3) is 0 Å². The van der Waals surface area contributed by atoms with Crippen LogP contribution in [0.2, 0.25) is 0 Å². The van der Waals surface area contributed by atoms with Crippen LogP contribution in [-0.2, 0) is 0 Å². The standard InChI is InChI=1S/C9H18/c1-7(2)9(4)6-5-8(9)3/h7-8H,5-6H2,1-4H3/t8-,9-/m0/s1. The minimum absolute atomic E-state index is 0.681. The molecular weight excluding hydrogens is 108 g/mol. The lowest BCUT2D eigenvalue weighted by Crippen LogP contribution is -2.39. The maximum absolute atomic E-state index is 2.42. The summed E-state index contributed by atoms with van der Waals surface area (Å²) in [5.74, 6) is 1.85. The van der Waals surface area contributed by atoms with Crippen molar-refractivity contribution < 1.29 is 0 Å². The molecule has 1 saturated carbocycles. The van der Waals surface area contributed by atoms with Gasteiger partial charge in [-0.2, -0.15) is 0 Å². The Labute approximate surface area is 58.7 Å². The second-order valence-electron chi connectivity index (χ2n) is 4.10. The summed E-state index contributed by atoms with van der Waals surface area (Å²) in [6.45, 7) is 9.49. The molecule has 0 amide bonds. The lowest BCUT2D eigenvalue weighted by atomic mass is 9.57. The monoisotopic (exact) mass is 126 g/mol. The average Bonchev–Trinajstić information content (AvgIpc) is 1.82. The molecule has 0 aliphatic heterocycles. The first-order chi connectivity index (χ1) is 4.07. The van der Waals surface area contributed by atoms with Crippen molar-refractivity contribution in [2.45, 2.75) is 40.5 Å². The Bertz CT molecular complexity index is 97.9. The molecule has 0 unspecified atom stereocenters. The van der Waals surface area contributed by atoms with E-state index in [4.69, 9.17) is 0 Å². The predicted molar refractivity (Wildman–Crippen MR) is 41.3 cm³/mol. The third-order valence-corrected chi connectivity index (χ3v) is 3.56. The molecule has 0 N–H and O–H groups in total. The average molecular weight is 126 g/mol. The van der Waals surface area contributed by atoms with Crippen LogP contribution >= 0.6 is 0 Å². The third-order valence-electron chi connectivity index (χ3n) is 3.56. The molecule has 0 aromatic carbocycles. The molecule has 0 heteroatoms. The minimum Gasteiger partial charge on any atom is -0.0622 e. The van der Waals surface area contributed by atoms with E-state index in [1.165, 1.54) is 12.8 Å². The van der Waals surface area contributed by atoms with Crippen molar-refractivity contribution in [3.05, 3.63) is 0 Å². The van der Waals surface area contributed by atoms with Gasteiger partial charge in [0.25, 0.3) is 0 Å². The first-order valence-corrected chi connectivity index (χ1v) is 4.07. The smallest absolute Gasteiger partial charge is 0.0277 e.